The number of nitrogens with one attached hydrogen (secondary N) is 2. The molecule has 1 atom stereocenters. The minimum atomic E-state index is -0.669. The maximum Gasteiger partial charge on any atom is 0.407 e. The Balaban J connectivity index is 0.000000638. The number of aryl methyl sites for hydroxylation is 1. The normalized spacial score (nSPS) is 11.0. The Kier molecular flexibility index (Phi) is 17.2. The number of hydrogen-bond acceptors (Lipinski definition) is 5. The molecule has 0 fully saturated rings. The average Bonchev–Trinajstić information content (AvgIpc) is 3.00. The number of nitrogens with zero attached hydrogens (tertiary/aromatic N) is 1. The number of unbranched alkanes of at least 4 members (excludes halogenated alkanes) is 1. The van der Waals surface area contributed by atoms with Crippen molar-refractivity contribution in [1.29, 1.82) is 0 Å². The Hall–Kier alpha value is -4.30. The van der Waals surface area contributed by atoms with Gasteiger partial charge in [-0.2, -0.15) is 0 Å². The van der Waals surface area contributed by atoms with E-state index in [1.165, 1.54) is 0 Å². The van der Waals surface area contributed by atoms with Gasteiger partial charge in [0.1, 0.15) is 11.6 Å². The van der Waals surface area contributed by atoms with Crippen LogP contribution in [0.3, 0.4) is 0 Å². The Labute approximate surface area is 280 Å². The van der Waals surface area contributed by atoms with E-state index < -0.39 is 17.6 Å². The highest BCUT2D eigenvalue weighted by Crippen LogP contribution is 2.24. The molecular weight excluding hydrogens is 600 g/mol. The predicted octanol–water partition coefficient (Wildman–Crippen LogP) is 8.05. The van der Waals surface area contributed by atoms with Crippen molar-refractivity contribution in [2.24, 2.45) is 5.73 Å². The Morgan fingerprint density at radius 3 is 2.02 bits per heavy atom. The van der Waals surface area contributed by atoms with Crippen molar-refractivity contribution in [1.82, 2.24) is 15.5 Å². The van der Waals surface area contributed by atoms with Crippen molar-refractivity contribution in [3.05, 3.63) is 107 Å². The van der Waals surface area contributed by atoms with Crippen LogP contribution in [0.2, 0.25) is 5.02 Å². The number of amides is 3. The van der Waals surface area contributed by atoms with Gasteiger partial charge in [-0.05, 0) is 75.1 Å². The molecule has 0 aliphatic rings. The zero-order chi connectivity index (χ0) is 34.9. The summed E-state index contributed by atoms with van der Waals surface area (Å²) >= 11 is 5.94. The first kappa shape index (κ1) is 39.7. The first-order chi connectivity index (χ1) is 21.7. The number of halogens is 1. The zero-order valence-electron chi connectivity index (χ0n) is 28.6. The molecule has 0 aliphatic heterocycles. The van der Waals surface area contributed by atoms with Crippen LogP contribution >= 0.6 is 11.6 Å². The van der Waals surface area contributed by atoms with Crippen LogP contribution in [0.5, 0.6) is 0 Å². The molecule has 46 heavy (non-hydrogen) atoms. The van der Waals surface area contributed by atoms with Gasteiger partial charge in [-0.25, -0.2) is 4.79 Å². The van der Waals surface area contributed by atoms with Crippen LogP contribution in [-0.2, 0) is 9.53 Å². The lowest BCUT2D eigenvalue weighted by Crippen LogP contribution is -2.38. The summed E-state index contributed by atoms with van der Waals surface area (Å²) in [5.74, 6) is -0.711. The van der Waals surface area contributed by atoms with Crippen LogP contribution in [0, 0.1) is 6.92 Å². The number of primary amides is 1. The van der Waals surface area contributed by atoms with Gasteiger partial charge < -0.3 is 26.0 Å². The quantitative estimate of drug-likeness (QED) is 0.182. The number of ether oxygens (including phenoxy) is 1. The summed E-state index contributed by atoms with van der Waals surface area (Å²) in [7, 11) is 1.74. The van der Waals surface area contributed by atoms with Crippen LogP contribution < -0.4 is 16.4 Å². The number of likely N-dealkylation sites (N-methyl/N-ethyl adjacent to an activating group) is 1. The minimum absolute atomic E-state index is 0.184. The monoisotopic (exact) mass is 650 g/mol. The van der Waals surface area contributed by atoms with Gasteiger partial charge in [0.25, 0.3) is 5.91 Å². The second-order valence-electron chi connectivity index (χ2n) is 11.4. The average molecular weight is 651 g/mol. The molecule has 0 saturated heterocycles. The van der Waals surface area contributed by atoms with Crippen LogP contribution in [-0.4, -0.2) is 48.5 Å². The lowest BCUT2D eigenvalue weighted by atomic mass is 10.0. The van der Waals surface area contributed by atoms with Gasteiger partial charge >= 0.3 is 6.09 Å². The SMILES string of the molecule is C=C(CNC(=O)c1ccc(-c2ccc(Cl)cc2)cc1)N(C)C(C(N)=O)c1cccc(C)c1.CC.CCCCNC(=O)OC(C)(C)C. The highest BCUT2D eigenvalue weighted by Gasteiger charge is 2.24. The largest absolute Gasteiger partial charge is 0.444 e. The molecule has 4 N–H and O–H groups in total. The molecule has 0 aromatic heterocycles. The molecule has 0 saturated carbocycles. The molecule has 1 unspecified atom stereocenters. The fourth-order valence-electron chi connectivity index (χ4n) is 4.15. The summed E-state index contributed by atoms with van der Waals surface area (Å²) in [5, 5.41) is 6.21. The Bertz CT molecular complexity index is 1400. The van der Waals surface area contributed by atoms with E-state index in [-0.39, 0.29) is 18.5 Å². The highest BCUT2D eigenvalue weighted by molar-refractivity contribution is 6.30. The topological polar surface area (TPSA) is 114 Å². The van der Waals surface area contributed by atoms with E-state index in [2.05, 4.69) is 24.1 Å². The Morgan fingerprint density at radius 1 is 0.957 bits per heavy atom. The van der Waals surface area contributed by atoms with Gasteiger partial charge in [-0.1, -0.05) is 99.5 Å². The molecule has 3 rings (SSSR count). The van der Waals surface area contributed by atoms with Gasteiger partial charge in [-0.3, -0.25) is 9.59 Å². The van der Waals surface area contributed by atoms with Gasteiger partial charge in [-0.15, -0.1) is 0 Å². The van der Waals surface area contributed by atoms with Gasteiger partial charge in [0.15, 0.2) is 0 Å². The van der Waals surface area contributed by atoms with Crippen LogP contribution in [0.15, 0.2) is 85.1 Å². The fourth-order valence-corrected chi connectivity index (χ4v) is 4.27. The summed E-state index contributed by atoms with van der Waals surface area (Å²) in [6.07, 6.45) is 1.76. The number of hydrogen-bond donors (Lipinski definition) is 3. The second kappa shape index (κ2) is 20.0. The molecular formula is C37H51ClN4O4. The molecule has 8 nitrogen and oxygen atoms in total. The van der Waals surface area contributed by atoms with E-state index in [0.29, 0.717) is 22.8 Å². The lowest BCUT2D eigenvalue weighted by molar-refractivity contribution is -0.122. The van der Waals surface area contributed by atoms with Gasteiger partial charge in [0, 0.05) is 29.9 Å². The maximum atomic E-state index is 12.6. The van der Waals surface area contributed by atoms with Crippen LogP contribution in [0.25, 0.3) is 11.1 Å². The van der Waals surface area contributed by atoms with Crippen LogP contribution in [0.1, 0.15) is 81.9 Å². The number of alkyl carbamates (subject to hydrolysis) is 1. The maximum absolute atomic E-state index is 12.6. The number of benzene rings is 3. The van der Waals surface area contributed by atoms with Crippen molar-refractivity contribution in [3.8, 4) is 11.1 Å². The second-order valence-corrected chi connectivity index (χ2v) is 11.9. The van der Waals surface area contributed by atoms with Crippen LogP contribution in [0.4, 0.5) is 4.79 Å². The van der Waals surface area contributed by atoms with Crippen molar-refractivity contribution in [3.63, 3.8) is 0 Å². The zero-order valence-corrected chi connectivity index (χ0v) is 29.3. The van der Waals surface area contributed by atoms with Gasteiger partial charge in [0.05, 0.1) is 6.54 Å². The molecule has 0 aliphatic carbocycles. The smallest absolute Gasteiger partial charge is 0.407 e. The molecule has 3 amide bonds. The molecule has 9 heteroatoms. The van der Waals surface area contributed by atoms with E-state index in [9.17, 15) is 14.4 Å². The minimum Gasteiger partial charge on any atom is -0.444 e. The molecule has 250 valence electrons. The lowest BCUT2D eigenvalue weighted by Gasteiger charge is -2.30. The third kappa shape index (κ3) is 14.2. The highest BCUT2D eigenvalue weighted by atomic mass is 35.5. The summed E-state index contributed by atoms with van der Waals surface area (Å²) in [5.41, 5.74) is 10.2. The van der Waals surface area contributed by atoms with E-state index in [4.69, 9.17) is 22.1 Å². The molecule has 0 radical (unpaired) electrons. The summed E-state index contributed by atoms with van der Waals surface area (Å²) in [4.78, 5) is 37.4. The first-order valence-electron chi connectivity index (χ1n) is 15.6. The molecule has 0 spiro atoms. The summed E-state index contributed by atoms with van der Waals surface area (Å²) in [6, 6.07) is 21.8. The first-order valence-corrected chi connectivity index (χ1v) is 16.0. The van der Waals surface area contributed by atoms with Crippen molar-refractivity contribution in [2.75, 3.05) is 20.1 Å². The van der Waals surface area contributed by atoms with E-state index in [1.807, 2.05) is 102 Å². The van der Waals surface area contributed by atoms with Crippen molar-refractivity contribution in [2.45, 2.75) is 73.0 Å². The fraction of sp³-hybridized carbons (Fsp3) is 0.378. The molecule has 0 heterocycles. The Morgan fingerprint density at radius 2 is 1.52 bits per heavy atom. The van der Waals surface area contributed by atoms with Gasteiger partial charge in [0.2, 0.25) is 5.91 Å². The number of nitrogens with two attached hydrogens (primary N) is 1. The molecule has 3 aromatic carbocycles. The number of carbonyl (C=O) groups is 3. The third-order valence-corrected chi connectivity index (χ3v) is 6.74. The molecule has 0 bridgehead atoms. The number of rotatable bonds is 11. The van der Waals surface area contributed by atoms with E-state index in [0.717, 1.165) is 35.1 Å². The molecule has 3 aromatic rings. The third-order valence-electron chi connectivity index (χ3n) is 6.49. The van der Waals surface area contributed by atoms with Crippen molar-refractivity contribution >= 4 is 29.5 Å². The summed E-state index contributed by atoms with van der Waals surface area (Å²) in [6.45, 7) is 18.5. The number of carbonyl (C=O) groups excluding carboxylic acids is 3. The summed E-state index contributed by atoms with van der Waals surface area (Å²) < 4.78 is 5.03. The predicted molar refractivity (Wildman–Crippen MR) is 190 cm³/mol. The standard InChI is InChI=1S/C26H26ClN3O2.C9H19NO2.C2H6/c1-17-5-4-6-22(15-17)24(25(28)31)30(3)18(2)16-29-26(32)21-9-7-19(8-10-21)20-11-13-23(27)14-12-20;1-5-6-7-10-8(11)12-9(2,3)4;1-2/h4-15,24H,2,16H2,1,3H3,(H2,28,31)(H,29,32);5-7H2,1-4H3,(H,10,11);1-2H3. The van der Waals surface area contributed by atoms with Crippen molar-refractivity contribution < 1.29 is 19.1 Å². The van der Waals surface area contributed by atoms with E-state index in [1.54, 1.807) is 24.1 Å². The van der Waals surface area contributed by atoms with E-state index >= 15 is 0 Å².